The number of amides is 2. The van der Waals surface area contributed by atoms with Crippen LogP contribution in [0.15, 0.2) is 18.2 Å². The second-order valence-corrected chi connectivity index (χ2v) is 8.36. The van der Waals surface area contributed by atoms with Crippen LogP contribution in [0.5, 0.6) is 0 Å². The Hall–Kier alpha value is -2.02. The molecular weight excluding hydrogens is 366 g/mol. The molecule has 2 aliphatic carbocycles. The van der Waals surface area contributed by atoms with E-state index in [2.05, 4.69) is 10.6 Å². The van der Waals surface area contributed by atoms with Crippen molar-refractivity contribution in [3.8, 4) is 0 Å². The minimum atomic E-state index is -1.02. The molecule has 1 unspecified atom stereocenters. The first-order chi connectivity index (χ1) is 13.3. The molecule has 3 rings (SSSR count). The van der Waals surface area contributed by atoms with Gasteiger partial charge in [-0.05, 0) is 56.1 Å². The van der Waals surface area contributed by atoms with Gasteiger partial charge in [-0.3, -0.25) is 9.59 Å². The monoisotopic (exact) mass is 394 g/mol. The zero-order chi connectivity index (χ0) is 20.3. The second kappa shape index (κ2) is 8.55. The summed E-state index contributed by atoms with van der Waals surface area (Å²) in [6.07, 6.45) is 4.42. The second-order valence-electron chi connectivity index (χ2n) is 8.36. The van der Waals surface area contributed by atoms with Crippen molar-refractivity contribution in [2.75, 3.05) is 6.54 Å². The molecule has 0 spiro atoms. The number of halogens is 2. The van der Waals surface area contributed by atoms with Gasteiger partial charge in [0.15, 0.2) is 0 Å². The lowest BCUT2D eigenvalue weighted by Gasteiger charge is -2.32. The molecule has 2 amide bonds. The van der Waals surface area contributed by atoms with Crippen LogP contribution in [-0.4, -0.2) is 35.1 Å². The molecule has 2 fully saturated rings. The molecule has 2 aliphatic rings. The standard InChI is InChI=1S/C21H28F2N2O3/c1-21(15-7-8-15,12-24-20(28)19(27)13-4-2-3-5-13)25-18(26)10-14-6-9-16(22)11-17(14)23/h6,9,11,13,15,19,27H,2-5,7-8,10,12H2,1H3,(H,24,28)(H,25,26)/t19-,21?/m0/s1. The maximum absolute atomic E-state index is 13.8. The number of hydrogen-bond acceptors (Lipinski definition) is 3. The Labute approximate surface area is 163 Å². The van der Waals surface area contributed by atoms with E-state index >= 15 is 0 Å². The topological polar surface area (TPSA) is 78.4 Å². The van der Waals surface area contributed by atoms with Crippen molar-refractivity contribution < 1.29 is 23.5 Å². The molecule has 154 valence electrons. The highest BCUT2D eigenvalue weighted by atomic mass is 19.1. The number of nitrogens with one attached hydrogen (secondary N) is 2. The number of carbonyl (C=O) groups is 2. The third kappa shape index (κ3) is 5.07. The third-order valence-corrected chi connectivity index (χ3v) is 6.01. The van der Waals surface area contributed by atoms with Gasteiger partial charge in [-0.1, -0.05) is 18.9 Å². The van der Waals surface area contributed by atoms with Crippen LogP contribution in [0.3, 0.4) is 0 Å². The Morgan fingerprint density at radius 1 is 1.21 bits per heavy atom. The average Bonchev–Trinajstić information content (AvgIpc) is 3.37. The van der Waals surface area contributed by atoms with Gasteiger partial charge in [0.05, 0.1) is 12.0 Å². The Kier molecular flexibility index (Phi) is 6.33. The maximum atomic E-state index is 13.8. The van der Waals surface area contributed by atoms with E-state index in [1.165, 1.54) is 6.07 Å². The van der Waals surface area contributed by atoms with Crippen molar-refractivity contribution in [1.29, 1.82) is 0 Å². The van der Waals surface area contributed by atoms with Crippen LogP contribution in [0.4, 0.5) is 8.78 Å². The third-order valence-electron chi connectivity index (χ3n) is 6.01. The van der Waals surface area contributed by atoms with E-state index < -0.39 is 29.2 Å². The fraction of sp³-hybridized carbons (Fsp3) is 0.619. The van der Waals surface area contributed by atoms with Crippen molar-refractivity contribution in [2.45, 2.75) is 63.5 Å². The van der Waals surface area contributed by atoms with Crippen molar-refractivity contribution in [2.24, 2.45) is 11.8 Å². The minimum absolute atomic E-state index is 0.00298. The molecule has 7 heteroatoms. The predicted molar refractivity (Wildman–Crippen MR) is 100 cm³/mol. The van der Waals surface area contributed by atoms with Crippen LogP contribution in [-0.2, 0) is 16.0 Å². The van der Waals surface area contributed by atoms with Gasteiger partial charge in [0, 0.05) is 12.6 Å². The molecule has 0 bridgehead atoms. The van der Waals surface area contributed by atoms with Crippen LogP contribution in [0.25, 0.3) is 0 Å². The summed E-state index contributed by atoms with van der Waals surface area (Å²) in [6, 6.07) is 3.14. The van der Waals surface area contributed by atoms with Gasteiger partial charge in [-0.25, -0.2) is 8.78 Å². The lowest BCUT2D eigenvalue weighted by atomic mass is 9.94. The highest BCUT2D eigenvalue weighted by Gasteiger charge is 2.43. The van der Waals surface area contributed by atoms with Gasteiger partial charge >= 0.3 is 0 Å². The number of carbonyl (C=O) groups excluding carboxylic acids is 2. The number of aliphatic hydroxyl groups excluding tert-OH is 1. The lowest BCUT2D eigenvalue weighted by molar-refractivity contribution is -0.133. The van der Waals surface area contributed by atoms with Crippen molar-refractivity contribution >= 4 is 11.8 Å². The van der Waals surface area contributed by atoms with Gasteiger partial charge in [0.1, 0.15) is 17.7 Å². The number of hydrogen-bond donors (Lipinski definition) is 3. The maximum Gasteiger partial charge on any atom is 0.249 e. The van der Waals surface area contributed by atoms with Crippen LogP contribution < -0.4 is 10.6 Å². The Balaban J connectivity index is 1.57. The van der Waals surface area contributed by atoms with Gasteiger partial charge in [0.25, 0.3) is 0 Å². The number of aliphatic hydroxyl groups is 1. The van der Waals surface area contributed by atoms with E-state index in [1.54, 1.807) is 0 Å². The van der Waals surface area contributed by atoms with Gasteiger partial charge in [-0.15, -0.1) is 0 Å². The number of benzene rings is 1. The summed E-state index contributed by atoms with van der Waals surface area (Å²) in [7, 11) is 0. The Bertz CT molecular complexity index is 732. The van der Waals surface area contributed by atoms with E-state index in [0.717, 1.165) is 50.7 Å². The first-order valence-electron chi connectivity index (χ1n) is 9.99. The summed E-state index contributed by atoms with van der Waals surface area (Å²) in [6.45, 7) is 2.06. The van der Waals surface area contributed by atoms with E-state index in [-0.39, 0.29) is 36.3 Å². The Morgan fingerprint density at radius 2 is 1.89 bits per heavy atom. The van der Waals surface area contributed by atoms with Gasteiger partial charge in [0.2, 0.25) is 11.8 Å². The summed E-state index contributed by atoms with van der Waals surface area (Å²) in [5, 5.41) is 15.9. The normalized spacial score (nSPS) is 20.4. The molecule has 0 saturated heterocycles. The first-order valence-corrected chi connectivity index (χ1v) is 9.99. The molecule has 0 aromatic heterocycles. The van der Waals surface area contributed by atoms with E-state index in [1.807, 2.05) is 6.92 Å². The zero-order valence-electron chi connectivity index (χ0n) is 16.1. The summed E-state index contributed by atoms with van der Waals surface area (Å²) in [4.78, 5) is 24.8. The molecular formula is C21H28F2N2O3. The molecule has 1 aromatic carbocycles. The summed E-state index contributed by atoms with van der Waals surface area (Å²) >= 11 is 0. The smallest absolute Gasteiger partial charge is 0.249 e. The van der Waals surface area contributed by atoms with Crippen molar-refractivity contribution in [1.82, 2.24) is 10.6 Å². The van der Waals surface area contributed by atoms with E-state index in [4.69, 9.17) is 0 Å². The summed E-state index contributed by atoms with van der Waals surface area (Å²) < 4.78 is 26.8. The van der Waals surface area contributed by atoms with Crippen LogP contribution in [0.2, 0.25) is 0 Å². The van der Waals surface area contributed by atoms with Crippen LogP contribution in [0.1, 0.15) is 51.0 Å². The summed E-state index contributed by atoms with van der Waals surface area (Å²) in [5.41, 5.74) is -0.545. The highest BCUT2D eigenvalue weighted by molar-refractivity contribution is 5.82. The average molecular weight is 394 g/mol. The molecule has 2 saturated carbocycles. The minimum Gasteiger partial charge on any atom is -0.383 e. The SMILES string of the molecule is CC(CNC(=O)[C@@H](O)C1CCCC1)(NC(=O)Cc1ccc(F)cc1F)C1CC1. The molecule has 0 radical (unpaired) electrons. The van der Waals surface area contributed by atoms with Crippen molar-refractivity contribution in [3.05, 3.63) is 35.4 Å². The molecule has 0 aliphatic heterocycles. The zero-order valence-corrected chi connectivity index (χ0v) is 16.1. The molecule has 5 nitrogen and oxygen atoms in total. The fourth-order valence-electron chi connectivity index (χ4n) is 4.07. The van der Waals surface area contributed by atoms with Crippen LogP contribution >= 0.6 is 0 Å². The highest BCUT2D eigenvalue weighted by Crippen LogP contribution is 2.39. The molecule has 1 aromatic rings. The predicted octanol–water partition coefficient (Wildman–Crippen LogP) is 2.46. The largest absolute Gasteiger partial charge is 0.383 e. The van der Waals surface area contributed by atoms with E-state index in [9.17, 15) is 23.5 Å². The number of rotatable bonds is 8. The van der Waals surface area contributed by atoms with Gasteiger partial charge < -0.3 is 15.7 Å². The first kappa shape index (κ1) is 20.7. The quantitative estimate of drug-likeness (QED) is 0.634. The Morgan fingerprint density at radius 3 is 2.50 bits per heavy atom. The van der Waals surface area contributed by atoms with Crippen LogP contribution in [0, 0.1) is 23.5 Å². The lowest BCUT2D eigenvalue weighted by Crippen LogP contribution is -2.56. The van der Waals surface area contributed by atoms with E-state index in [0.29, 0.717) is 0 Å². The molecule has 0 heterocycles. The molecule has 28 heavy (non-hydrogen) atoms. The summed E-state index contributed by atoms with van der Waals surface area (Å²) in [5.74, 6) is -2.01. The molecule has 2 atom stereocenters. The molecule has 3 N–H and O–H groups in total. The van der Waals surface area contributed by atoms with Gasteiger partial charge in [-0.2, -0.15) is 0 Å². The fourth-order valence-corrected chi connectivity index (χ4v) is 4.07. The van der Waals surface area contributed by atoms with Crippen molar-refractivity contribution in [3.63, 3.8) is 0 Å².